The molecule has 0 bridgehead atoms. The second kappa shape index (κ2) is 13.6. The van der Waals surface area contributed by atoms with Gasteiger partial charge in [0.1, 0.15) is 28.7 Å². The van der Waals surface area contributed by atoms with Crippen LogP contribution in [0.5, 0.6) is 0 Å². The number of benzene rings is 1. The Morgan fingerprint density at radius 2 is 1.89 bits per heavy atom. The third kappa shape index (κ3) is 7.96. The Kier molecular flexibility index (Phi) is 9.19. The van der Waals surface area contributed by atoms with Crippen LogP contribution in [-0.4, -0.2) is 63.8 Å². The molecule has 0 unspecified atom stereocenters. The van der Waals surface area contributed by atoms with Gasteiger partial charge in [0.25, 0.3) is 0 Å². The maximum absolute atomic E-state index is 12.9. The first kappa shape index (κ1) is 31.6. The Labute approximate surface area is 276 Å². The van der Waals surface area contributed by atoms with Gasteiger partial charge < -0.3 is 14.6 Å². The second-order valence-electron chi connectivity index (χ2n) is 13.0. The Morgan fingerprint density at radius 1 is 1.04 bits per heavy atom. The van der Waals surface area contributed by atoms with E-state index in [0.29, 0.717) is 47.3 Å². The molecule has 8 nitrogen and oxygen atoms in total. The summed E-state index contributed by atoms with van der Waals surface area (Å²) in [5.41, 5.74) is 4.00. The lowest BCUT2D eigenvalue weighted by molar-refractivity contribution is -0.126. The van der Waals surface area contributed by atoms with Crippen molar-refractivity contribution in [3.05, 3.63) is 64.4 Å². The van der Waals surface area contributed by atoms with Crippen LogP contribution in [0.4, 0.5) is 19.0 Å². The highest BCUT2D eigenvalue weighted by atomic mass is 32.1. The Hall–Kier alpha value is -3.95. The number of rotatable bonds is 12. The van der Waals surface area contributed by atoms with Crippen LogP contribution in [0.2, 0.25) is 0 Å². The van der Waals surface area contributed by atoms with Gasteiger partial charge in [-0.2, -0.15) is 18.4 Å². The van der Waals surface area contributed by atoms with Gasteiger partial charge in [0.05, 0.1) is 25.0 Å². The predicted molar refractivity (Wildman–Crippen MR) is 179 cm³/mol. The van der Waals surface area contributed by atoms with Crippen LogP contribution in [0, 0.1) is 17.2 Å². The summed E-state index contributed by atoms with van der Waals surface area (Å²) in [5, 5.41) is 15.1. The lowest BCUT2D eigenvalue weighted by atomic mass is 10.0. The van der Waals surface area contributed by atoms with Crippen molar-refractivity contribution >= 4 is 44.2 Å². The molecule has 1 aromatic carbocycles. The number of thiophene rings is 1. The van der Waals surface area contributed by atoms with Crippen molar-refractivity contribution in [3.63, 3.8) is 0 Å². The van der Waals surface area contributed by atoms with Crippen LogP contribution in [0.3, 0.4) is 0 Å². The summed E-state index contributed by atoms with van der Waals surface area (Å²) < 4.78 is 46.8. The number of aromatic nitrogens is 3. The van der Waals surface area contributed by atoms with Gasteiger partial charge in [-0.15, -0.1) is 11.3 Å². The Balaban J connectivity index is 0.926. The molecule has 4 aromatic rings. The number of fused-ring (bicyclic) bond motifs is 2. The molecular weight excluding hydrogens is 623 g/mol. The van der Waals surface area contributed by atoms with Gasteiger partial charge in [0, 0.05) is 54.1 Å². The van der Waals surface area contributed by atoms with Crippen molar-refractivity contribution < 1.29 is 17.9 Å². The summed E-state index contributed by atoms with van der Waals surface area (Å²) in [7, 11) is 0. The molecule has 3 aromatic heterocycles. The number of likely N-dealkylation sites (tertiary alicyclic amines) is 1. The SMILES string of the molecule is N#Cc1cc2cc(CN3CCC(Nc4ncnc5sc(CC(F)(F)F)cc45)CC3)ccc2n1CC1=CC(OCCCCC2CC2)=NC1. The number of hydrogen-bond donors (Lipinski definition) is 1. The zero-order chi connectivity index (χ0) is 32.4. The minimum absolute atomic E-state index is 0.178. The average Bonchev–Trinajstić information content (AvgIpc) is 3.44. The van der Waals surface area contributed by atoms with E-state index >= 15 is 0 Å². The number of halogens is 3. The lowest BCUT2D eigenvalue weighted by Gasteiger charge is -2.32. The van der Waals surface area contributed by atoms with E-state index in [4.69, 9.17) is 4.74 Å². The van der Waals surface area contributed by atoms with E-state index < -0.39 is 12.6 Å². The van der Waals surface area contributed by atoms with E-state index in [9.17, 15) is 18.4 Å². The van der Waals surface area contributed by atoms with Crippen molar-refractivity contribution in [2.24, 2.45) is 10.9 Å². The fourth-order valence-electron chi connectivity index (χ4n) is 6.62. The zero-order valence-electron chi connectivity index (χ0n) is 26.2. The van der Waals surface area contributed by atoms with Crippen LogP contribution in [0.25, 0.3) is 21.1 Å². The van der Waals surface area contributed by atoms with Crippen LogP contribution in [0.1, 0.15) is 61.1 Å². The van der Waals surface area contributed by atoms with Gasteiger partial charge in [0.15, 0.2) is 0 Å². The molecule has 3 aliphatic rings. The van der Waals surface area contributed by atoms with Gasteiger partial charge in [-0.3, -0.25) is 4.90 Å². The third-order valence-electron chi connectivity index (χ3n) is 9.25. The van der Waals surface area contributed by atoms with Gasteiger partial charge in [0.2, 0.25) is 5.90 Å². The highest BCUT2D eigenvalue weighted by Crippen LogP contribution is 2.34. The van der Waals surface area contributed by atoms with Crippen LogP contribution in [0.15, 0.2) is 53.3 Å². The van der Waals surface area contributed by atoms with Crippen LogP contribution < -0.4 is 5.32 Å². The number of nitriles is 1. The van der Waals surface area contributed by atoms with E-state index in [1.54, 1.807) is 6.07 Å². The first-order chi connectivity index (χ1) is 22.8. The van der Waals surface area contributed by atoms with E-state index in [0.717, 1.165) is 72.6 Å². The number of ether oxygens (including phenoxy) is 1. The van der Waals surface area contributed by atoms with Crippen molar-refractivity contribution in [1.82, 2.24) is 19.4 Å². The van der Waals surface area contributed by atoms with Crippen LogP contribution in [-0.2, 0) is 24.2 Å². The fourth-order valence-corrected chi connectivity index (χ4v) is 7.65. The standard InChI is InChI=1S/C35H38F3N7OS/c36-35(37,38)17-29-16-30-33(41-22-42-34(30)47-29)43-27-8-10-44(11-9-27)20-24-6-7-31-26(13-24)15-28(18-39)45(31)21-25-14-32(40-19-25)46-12-2-1-3-23-4-5-23/h6-7,13-16,22-23,27H,1-5,8-12,17,19-21H2,(H,41,42,43). The lowest BCUT2D eigenvalue weighted by Crippen LogP contribution is -2.38. The molecule has 1 aliphatic carbocycles. The molecule has 0 atom stereocenters. The van der Waals surface area contributed by atoms with Crippen molar-refractivity contribution in [2.75, 3.05) is 31.6 Å². The maximum atomic E-state index is 12.9. The summed E-state index contributed by atoms with van der Waals surface area (Å²) in [5.74, 6) is 2.26. The van der Waals surface area contributed by atoms with E-state index in [1.807, 2.05) is 12.1 Å². The largest absolute Gasteiger partial charge is 0.478 e. The molecular formula is C35H38F3N7OS. The van der Waals surface area contributed by atoms with E-state index in [2.05, 4.69) is 54.0 Å². The summed E-state index contributed by atoms with van der Waals surface area (Å²) in [6.07, 6.45) is 6.42. The number of nitrogens with zero attached hydrogens (tertiary/aromatic N) is 6. The van der Waals surface area contributed by atoms with Gasteiger partial charge in [-0.05, 0) is 67.0 Å². The molecule has 5 heterocycles. The maximum Gasteiger partial charge on any atom is 0.393 e. The molecule has 1 saturated heterocycles. The minimum atomic E-state index is -4.25. The molecule has 0 radical (unpaired) electrons. The molecule has 0 amide bonds. The number of hydrogen-bond acceptors (Lipinski definition) is 8. The molecule has 47 heavy (non-hydrogen) atoms. The highest BCUT2D eigenvalue weighted by Gasteiger charge is 2.29. The Bertz CT molecular complexity index is 1840. The number of alkyl halides is 3. The zero-order valence-corrected chi connectivity index (χ0v) is 27.0. The van der Waals surface area contributed by atoms with Gasteiger partial charge in [-0.1, -0.05) is 25.3 Å². The molecule has 2 aliphatic heterocycles. The highest BCUT2D eigenvalue weighted by molar-refractivity contribution is 7.18. The molecule has 2 fully saturated rings. The third-order valence-corrected chi connectivity index (χ3v) is 10.3. The molecule has 7 rings (SSSR count). The minimum Gasteiger partial charge on any atom is -0.478 e. The average molecular weight is 662 g/mol. The topological polar surface area (TPSA) is 91.4 Å². The second-order valence-corrected chi connectivity index (χ2v) is 14.1. The smallest absolute Gasteiger partial charge is 0.393 e. The molecule has 1 saturated carbocycles. The number of aliphatic imine (C=N–C) groups is 1. The van der Waals surface area contributed by atoms with E-state index in [-0.39, 0.29) is 10.9 Å². The van der Waals surface area contributed by atoms with Gasteiger partial charge in [-0.25, -0.2) is 15.0 Å². The molecule has 1 N–H and O–H groups in total. The van der Waals surface area contributed by atoms with Crippen molar-refractivity contribution in [3.8, 4) is 6.07 Å². The van der Waals surface area contributed by atoms with Crippen molar-refractivity contribution in [2.45, 2.75) is 76.7 Å². The number of anilines is 1. The molecule has 12 heteroatoms. The normalized spacial score (nSPS) is 17.7. The van der Waals surface area contributed by atoms with E-state index in [1.165, 1.54) is 37.6 Å². The van der Waals surface area contributed by atoms with Crippen LogP contribution >= 0.6 is 11.3 Å². The Morgan fingerprint density at radius 3 is 2.68 bits per heavy atom. The predicted octanol–water partition coefficient (Wildman–Crippen LogP) is 7.63. The number of nitrogens with one attached hydrogen (secondary N) is 1. The summed E-state index contributed by atoms with van der Waals surface area (Å²) in [6, 6.07) is 12.5. The first-order valence-corrected chi connectivity index (χ1v) is 17.3. The summed E-state index contributed by atoms with van der Waals surface area (Å²) in [6.45, 7) is 4.49. The molecule has 0 spiro atoms. The molecule has 246 valence electrons. The summed E-state index contributed by atoms with van der Waals surface area (Å²) >= 11 is 1.07. The fraction of sp³-hybridized carbons (Fsp3) is 0.486. The number of unbranched alkanes of at least 4 members (excludes halogenated alkanes) is 1. The first-order valence-electron chi connectivity index (χ1n) is 16.5. The monoisotopic (exact) mass is 661 g/mol. The van der Waals surface area contributed by atoms with Gasteiger partial charge >= 0.3 is 6.18 Å². The van der Waals surface area contributed by atoms with Crippen molar-refractivity contribution in [1.29, 1.82) is 5.26 Å². The summed E-state index contributed by atoms with van der Waals surface area (Å²) in [4.78, 5) is 16.3. The number of piperidine rings is 1. The quantitative estimate of drug-likeness (QED) is 0.157.